The fourth-order valence-corrected chi connectivity index (χ4v) is 1.09. The van der Waals surface area contributed by atoms with E-state index in [-0.39, 0.29) is 5.75 Å². The summed E-state index contributed by atoms with van der Waals surface area (Å²) < 4.78 is 5.07. The highest BCUT2D eigenvalue weighted by Gasteiger charge is 2.04. The first-order valence-corrected chi connectivity index (χ1v) is 3.80. The number of benzene rings is 1. The van der Waals surface area contributed by atoms with E-state index in [0.717, 1.165) is 5.56 Å². The van der Waals surface area contributed by atoms with E-state index in [9.17, 15) is 5.11 Å². The number of hydrazone groups is 1. The van der Waals surface area contributed by atoms with Crippen LogP contribution in [0.1, 0.15) is 11.1 Å². The summed E-state index contributed by atoms with van der Waals surface area (Å²) in [5.74, 6) is 5.82. The molecule has 1 aromatic carbocycles. The Balaban J connectivity index is 3.22. The second-order valence-corrected chi connectivity index (χ2v) is 2.66. The third-order valence-corrected chi connectivity index (χ3v) is 1.76. The van der Waals surface area contributed by atoms with Gasteiger partial charge in [-0.2, -0.15) is 5.10 Å². The number of aromatic hydroxyl groups is 1. The molecule has 0 atom stereocenters. The molecule has 0 saturated heterocycles. The van der Waals surface area contributed by atoms with Crippen LogP contribution in [0.25, 0.3) is 0 Å². The van der Waals surface area contributed by atoms with Gasteiger partial charge in [0.2, 0.25) is 0 Å². The van der Waals surface area contributed by atoms with E-state index in [1.54, 1.807) is 19.2 Å². The van der Waals surface area contributed by atoms with Gasteiger partial charge in [0, 0.05) is 5.56 Å². The molecule has 0 fully saturated rings. The zero-order valence-corrected chi connectivity index (χ0v) is 7.61. The van der Waals surface area contributed by atoms with E-state index >= 15 is 0 Å². The van der Waals surface area contributed by atoms with Crippen molar-refractivity contribution in [1.29, 1.82) is 0 Å². The minimum Gasteiger partial charge on any atom is -0.507 e. The van der Waals surface area contributed by atoms with Crippen molar-refractivity contribution in [1.82, 2.24) is 0 Å². The van der Waals surface area contributed by atoms with Gasteiger partial charge in [0.05, 0.1) is 13.3 Å². The van der Waals surface area contributed by atoms with Crippen molar-refractivity contribution >= 4 is 6.21 Å². The molecule has 0 radical (unpaired) electrons. The number of ether oxygens (including phenoxy) is 1. The molecule has 4 nitrogen and oxygen atoms in total. The zero-order chi connectivity index (χ0) is 9.84. The number of rotatable bonds is 2. The lowest BCUT2D eigenvalue weighted by molar-refractivity contribution is 0.409. The van der Waals surface area contributed by atoms with Crippen LogP contribution in [0.2, 0.25) is 0 Å². The largest absolute Gasteiger partial charge is 0.507 e. The van der Waals surface area contributed by atoms with Crippen molar-refractivity contribution in [3.05, 3.63) is 23.3 Å². The van der Waals surface area contributed by atoms with Crippen LogP contribution >= 0.6 is 0 Å². The van der Waals surface area contributed by atoms with Crippen LogP contribution in [0.5, 0.6) is 11.5 Å². The van der Waals surface area contributed by atoms with Gasteiger partial charge in [0.15, 0.2) is 0 Å². The van der Waals surface area contributed by atoms with Crippen LogP contribution in [0.15, 0.2) is 17.2 Å². The summed E-state index contributed by atoms with van der Waals surface area (Å²) in [5.41, 5.74) is 1.42. The molecule has 1 aromatic rings. The molecule has 0 aromatic heterocycles. The van der Waals surface area contributed by atoms with Crippen LogP contribution in [0, 0.1) is 6.92 Å². The zero-order valence-electron chi connectivity index (χ0n) is 7.61. The highest BCUT2D eigenvalue weighted by Crippen LogP contribution is 2.25. The lowest BCUT2D eigenvalue weighted by atomic mass is 10.1. The molecule has 13 heavy (non-hydrogen) atoms. The Labute approximate surface area is 76.6 Å². The molecule has 70 valence electrons. The third-order valence-electron chi connectivity index (χ3n) is 1.76. The lowest BCUT2D eigenvalue weighted by Gasteiger charge is -2.06. The minimum atomic E-state index is 0.146. The highest BCUT2D eigenvalue weighted by molar-refractivity contribution is 5.84. The Bertz CT molecular complexity index is 335. The van der Waals surface area contributed by atoms with Crippen molar-refractivity contribution < 1.29 is 9.84 Å². The van der Waals surface area contributed by atoms with Crippen LogP contribution < -0.4 is 10.6 Å². The Morgan fingerprint density at radius 2 is 2.23 bits per heavy atom. The Morgan fingerprint density at radius 3 is 2.77 bits per heavy atom. The molecule has 0 aliphatic rings. The van der Waals surface area contributed by atoms with E-state index in [4.69, 9.17) is 10.6 Å². The van der Waals surface area contributed by atoms with Crippen LogP contribution in [-0.4, -0.2) is 18.4 Å². The minimum absolute atomic E-state index is 0.146. The molecule has 0 bridgehead atoms. The van der Waals surface area contributed by atoms with Gasteiger partial charge < -0.3 is 15.7 Å². The maximum absolute atomic E-state index is 9.44. The number of hydrogen-bond donors (Lipinski definition) is 2. The maximum atomic E-state index is 9.44. The van der Waals surface area contributed by atoms with Crippen LogP contribution in [0.3, 0.4) is 0 Å². The quantitative estimate of drug-likeness (QED) is 0.405. The summed E-state index contributed by atoms with van der Waals surface area (Å²) in [7, 11) is 1.57. The molecular weight excluding hydrogens is 168 g/mol. The average Bonchev–Trinajstić information content (AvgIpc) is 2.10. The van der Waals surface area contributed by atoms with E-state index < -0.39 is 0 Å². The smallest absolute Gasteiger partial charge is 0.124 e. The van der Waals surface area contributed by atoms with Gasteiger partial charge in [0.25, 0.3) is 0 Å². The summed E-state index contributed by atoms with van der Waals surface area (Å²) in [6, 6.07) is 3.29. The molecule has 3 N–H and O–H groups in total. The first-order chi connectivity index (χ1) is 6.19. The van der Waals surface area contributed by atoms with Crippen molar-refractivity contribution in [2.45, 2.75) is 6.92 Å². The molecule has 0 spiro atoms. The Hall–Kier alpha value is -1.71. The summed E-state index contributed by atoms with van der Waals surface area (Å²) >= 11 is 0. The van der Waals surface area contributed by atoms with Crippen molar-refractivity contribution in [2.75, 3.05) is 7.11 Å². The second kappa shape index (κ2) is 3.80. The van der Waals surface area contributed by atoms with Gasteiger partial charge in [-0.3, -0.25) is 0 Å². The first-order valence-electron chi connectivity index (χ1n) is 3.80. The number of nitrogens with two attached hydrogens (primary N) is 1. The number of aryl methyl sites for hydroxylation is 1. The molecule has 0 amide bonds. The van der Waals surface area contributed by atoms with Gasteiger partial charge in [-0.15, -0.1) is 0 Å². The molecule has 0 unspecified atom stereocenters. The summed E-state index contributed by atoms with van der Waals surface area (Å²) in [6.07, 6.45) is 1.37. The fraction of sp³-hybridized carbons (Fsp3) is 0.222. The van der Waals surface area contributed by atoms with E-state index in [1.807, 2.05) is 6.92 Å². The molecule has 1 rings (SSSR count). The highest BCUT2D eigenvalue weighted by atomic mass is 16.5. The first kappa shape index (κ1) is 9.38. The third kappa shape index (κ3) is 1.90. The number of phenols is 1. The molecule has 0 heterocycles. The normalized spacial score (nSPS) is 10.6. The van der Waals surface area contributed by atoms with Gasteiger partial charge in [-0.25, -0.2) is 0 Å². The lowest BCUT2D eigenvalue weighted by Crippen LogP contribution is -1.92. The summed E-state index contributed by atoms with van der Waals surface area (Å²) in [5, 5.41) is 12.8. The van der Waals surface area contributed by atoms with Gasteiger partial charge in [0.1, 0.15) is 11.5 Å². The standard InChI is InChI=1S/C9H12N2O2/c1-6-3-8(12)7(5-11-10)4-9(6)13-2/h3-5,12H,10H2,1-2H3. The second-order valence-electron chi connectivity index (χ2n) is 2.66. The number of phenolic OH excluding ortho intramolecular Hbond substituents is 1. The van der Waals surface area contributed by atoms with Crippen molar-refractivity contribution in [3.8, 4) is 11.5 Å². The van der Waals surface area contributed by atoms with Crippen molar-refractivity contribution in [3.63, 3.8) is 0 Å². The summed E-state index contributed by atoms with van der Waals surface area (Å²) in [6.45, 7) is 1.85. The average molecular weight is 180 g/mol. The van der Waals surface area contributed by atoms with Crippen LogP contribution in [-0.2, 0) is 0 Å². The molecule has 4 heteroatoms. The maximum Gasteiger partial charge on any atom is 0.124 e. The predicted molar refractivity (Wildman–Crippen MR) is 51.2 cm³/mol. The molecular formula is C9H12N2O2. The number of methoxy groups -OCH3 is 1. The van der Waals surface area contributed by atoms with Gasteiger partial charge in [-0.1, -0.05) is 0 Å². The van der Waals surface area contributed by atoms with Crippen LogP contribution in [0.4, 0.5) is 0 Å². The van der Waals surface area contributed by atoms with Crippen molar-refractivity contribution in [2.24, 2.45) is 10.9 Å². The van der Waals surface area contributed by atoms with Gasteiger partial charge >= 0.3 is 0 Å². The topological polar surface area (TPSA) is 67.8 Å². The monoisotopic (exact) mass is 180 g/mol. The Kier molecular flexibility index (Phi) is 2.74. The number of nitrogens with zero attached hydrogens (tertiary/aromatic N) is 1. The molecule has 0 aliphatic carbocycles. The van der Waals surface area contributed by atoms with Gasteiger partial charge in [-0.05, 0) is 24.6 Å². The SMILES string of the molecule is COc1cc(C=NN)c(O)cc1C. The Morgan fingerprint density at radius 1 is 1.54 bits per heavy atom. The summed E-state index contributed by atoms with van der Waals surface area (Å²) in [4.78, 5) is 0. The molecule has 0 aliphatic heterocycles. The fourth-order valence-electron chi connectivity index (χ4n) is 1.09. The van der Waals surface area contributed by atoms with E-state index in [2.05, 4.69) is 5.10 Å². The van der Waals surface area contributed by atoms with E-state index in [1.165, 1.54) is 6.21 Å². The van der Waals surface area contributed by atoms with E-state index in [0.29, 0.717) is 11.3 Å². The predicted octanol–water partition coefficient (Wildman–Crippen LogP) is 1.00. The molecule has 0 saturated carbocycles. The number of hydrogen-bond acceptors (Lipinski definition) is 4.